The summed E-state index contributed by atoms with van der Waals surface area (Å²) in [5.41, 5.74) is -0.0516. The van der Waals surface area contributed by atoms with Crippen molar-refractivity contribution in [1.29, 1.82) is 0 Å². The van der Waals surface area contributed by atoms with Crippen molar-refractivity contribution in [2.24, 2.45) is 5.41 Å². The standard InChI is InChI=1S/C14H21N3O4/c1-3-21-11-8-10(2)16-13(17-11)15-9-14(12(18)19)4-6-20-7-5-14/h8H,3-7,9H2,1-2H3,(H,18,19)(H,15,16,17). The molecule has 2 heterocycles. The molecule has 0 saturated carbocycles. The first-order valence-electron chi connectivity index (χ1n) is 7.09. The lowest BCUT2D eigenvalue weighted by Crippen LogP contribution is -2.42. The number of aliphatic carboxylic acids is 1. The second-order valence-electron chi connectivity index (χ2n) is 5.16. The maximum absolute atomic E-state index is 11.6. The number of nitrogens with zero attached hydrogens (tertiary/aromatic N) is 2. The van der Waals surface area contributed by atoms with Crippen LogP contribution in [-0.4, -0.2) is 47.4 Å². The van der Waals surface area contributed by atoms with E-state index in [0.717, 1.165) is 5.69 Å². The zero-order valence-corrected chi connectivity index (χ0v) is 12.4. The molecule has 116 valence electrons. The van der Waals surface area contributed by atoms with Gasteiger partial charge in [0.05, 0.1) is 12.0 Å². The highest BCUT2D eigenvalue weighted by Crippen LogP contribution is 2.31. The molecule has 0 amide bonds. The third-order valence-corrected chi connectivity index (χ3v) is 3.61. The average Bonchev–Trinajstić information content (AvgIpc) is 2.46. The van der Waals surface area contributed by atoms with Gasteiger partial charge >= 0.3 is 5.97 Å². The van der Waals surface area contributed by atoms with Gasteiger partial charge in [0.15, 0.2) is 0 Å². The quantitative estimate of drug-likeness (QED) is 0.820. The Kier molecular flexibility index (Phi) is 4.95. The molecule has 7 heteroatoms. The fourth-order valence-electron chi connectivity index (χ4n) is 2.32. The van der Waals surface area contributed by atoms with Gasteiger partial charge in [-0.1, -0.05) is 0 Å². The highest BCUT2D eigenvalue weighted by Gasteiger charge is 2.40. The number of hydrogen-bond donors (Lipinski definition) is 2. The van der Waals surface area contributed by atoms with Crippen molar-refractivity contribution in [2.45, 2.75) is 26.7 Å². The maximum Gasteiger partial charge on any atom is 0.311 e. The van der Waals surface area contributed by atoms with E-state index in [9.17, 15) is 9.90 Å². The summed E-state index contributed by atoms with van der Waals surface area (Å²) >= 11 is 0. The third kappa shape index (κ3) is 3.81. The number of carbonyl (C=O) groups is 1. The van der Waals surface area contributed by atoms with Crippen molar-refractivity contribution in [1.82, 2.24) is 9.97 Å². The molecule has 0 atom stereocenters. The van der Waals surface area contributed by atoms with Gasteiger partial charge in [0.25, 0.3) is 0 Å². The number of anilines is 1. The van der Waals surface area contributed by atoms with E-state index in [1.807, 2.05) is 13.8 Å². The largest absolute Gasteiger partial charge is 0.481 e. The number of carboxylic acids is 1. The number of carboxylic acid groups (broad SMARTS) is 1. The molecular weight excluding hydrogens is 274 g/mol. The molecule has 0 spiro atoms. The fraction of sp³-hybridized carbons (Fsp3) is 0.643. The lowest BCUT2D eigenvalue weighted by atomic mass is 9.80. The first-order chi connectivity index (χ1) is 10.1. The monoisotopic (exact) mass is 295 g/mol. The predicted octanol–water partition coefficient (Wildman–Crippen LogP) is 1.48. The van der Waals surface area contributed by atoms with E-state index in [1.165, 1.54) is 0 Å². The summed E-state index contributed by atoms with van der Waals surface area (Å²) in [6.45, 7) is 5.45. The van der Waals surface area contributed by atoms with Crippen molar-refractivity contribution in [3.63, 3.8) is 0 Å². The topological polar surface area (TPSA) is 93.6 Å². The molecule has 2 rings (SSSR count). The van der Waals surface area contributed by atoms with Crippen LogP contribution in [0, 0.1) is 12.3 Å². The highest BCUT2D eigenvalue weighted by atomic mass is 16.5. The van der Waals surface area contributed by atoms with Crippen LogP contribution in [0.1, 0.15) is 25.5 Å². The Bertz CT molecular complexity index is 501. The lowest BCUT2D eigenvalue weighted by Gasteiger charge is -2.33. The van der Waals surface area contributed by atoms with Crippen LogP contribution in [0.5, 0.6) is 5.88 Å². The molecule has 1 aliphatic heterocycles. The van der Waals surface area contributed by atoms with E-state index in [2.05, 4.69) is 15.3 Å². The molecule has 2 N–H and O–H groups in total. The number of ether oxygens (including phenoxy) is 2. The Hall–Kier alpha value is -1.89. The molecule has 7 nitrogen and oxygen atoms in total. The summed E-state index contributed by atoms with van der Waals surface area (Å²) in [6.07, 6.45) is 0.971. The smallest absolute Gasteiger partial charge is 0.311 e. The minimum absolute atomic E-state index is 0.278. The number of aromatic nitrogens is 2. The van der Waals surface area contributed by atoms with Gasteiger partial charge in [0, 0.05) is 31.5 Å². The Morgan fingerprint density at radius 2 is 2.19 bits per heavy atom. The van der Waals surface area contributed by atoms with Crippen LogP contribution in [0.4, 0.5) is 5.95 Å². The maximum atomic E-state index is 11.6. The van der Waals surface area contributed by atoms with E-state index in [1.54, 1.807) is 6.07 Å². The van der Waals surface area contributed by atoms with Crippen molar-refractivity contribution >= 4 is 11.9 Å². The number of aryl methyl sites for hydroxylation is 1. The fourth-order valence-corrected chi connectivity index (χ4v) is 2.32. The molecule has 1 aromatic rings. The molecule has 0 aliphatic carbocycles. The summed E-state index contributed by atoms with van der Waals surface area (Å²) in [5.74, 6) is 0.0744. The van der Waals surface area contributed by atoms with Crippen LogP contribution in [0.3, 0.4) is 0 Å². The van der Waals surface area contributed by atoms with E-state index in [0.29, 0.717) is 44.5 Å². The zero-order valence-electron chi connectivity index (χ0n) is 12.4. The van der Waals surface area contributed by atoms with Gasteiger partial charge in [-0.25, -0.2) is 4.98 Å². The van der Waals surface area contributed by atoms with Gasteiger partial charge in [0.1, 0.15) is 0 Å². The molecule has 0 bridgehead atoms. The molecule has 0 aromatic carbocycles. The number of rotatable bonds is 6. The van der Waals surface area contributed by atoms with Crippen molar-refractivity contribution < 1.29 is 19.4 Å². The van der Waals surface area contributed by atoms with E-state index in [4.69, 9.17) is 9.47 Å². The van der Waals surface area contributed by atoms with E-state index >= 15 is 0 Å². The third-order valence-electron chi connectivity index (χ3n) is 3.61. The zero-order chi connectivity index (χ0) is 15.3. The summed E-state index contributed by atoms with van der Waals surface area (Å²) in [5, 5.41) is 12.5. The number of hydrogen-bond acceptors (Lipinski definition) is 6. The highest BCUT2D eigenvalue weighted by molar-refractivity contribution is 5.75. The van der Waals surface area contributed by atoms with Gasteiger partial charge in [-0.3, -0.25) is 4.79 Å². The van der Waals surface area contributed by atoms with Crippen LogP contribution < -0.4 is 10.1 Å². The summed E-state index contributed by atoms with van der Waals surface area (Å²) < 4.78 is 10.6. The van der Waals surface area contributed by atoms with Crippen LogP contribution in [0.2, 0.25) is 0 Å². The van der Waals surface area contributed by atoms with E-state index in [-0.39, 0.29) is 6.54 Å². The van der Waals surface area contributed by atoms with Crippen molar-refractivity contribution in [3.05, 3.63) is 11.8 Å². The molecule has 0 radical (unpaired) electrons. The molecule has 1 fully saturated rings. The molecule has 1 saturated heterocycles. The van der Waals surface area contributed by atoms with Crippen molar-refractivity contribution in [3.8, 4) is 5.88 Å². The van der Waals surface area contributed by atoms with Gasteiger partial charge in [-0.15, -0.1) is 0 Å². The molecule has 21 heavy (non-hydrogen) atoms. The van der Waals surface area contributed by atoms with Crippen LogP contribution in [0.15, 0.2) is 6.07 Å². The van der Waals surface area contributed by atoms with Gasteiger partial charge in [-0.2, -0.15) is 4.98 Å². The second-order valence-corrected chi connectivity index (χ2v) is 5.16. The molecule has 1 aliphatic rings. The summed E-state index contributed by atoms with van der Waals surface area (Å²) in [4.78, 5) is 20.1. The molecular formula is C14H21N3O4. The van der Waals surface area contributed by atoms with Crippen molar-refractivity contribution in [2.75, 3.05) is 31.7 Å². The second kappa shape index (κ2) is 6.71. The summed E-state index contributed by atoms with van der Waals surface area (Å²) in [7, 11) is 0. The normalized spacial score (nSPS) is 17.2. The molecule has 0 unspecified atom stereocenters. The average molecular weight is 295 g/mol. The van der Waals surface area contributed by atoms with Gasteiger partial charge in [0.2, 0.25) is 11.8 Å². The lowest BCUT2D eigenvalue weighted by molar-refractivity contribution is -0.153. The SMILES string of the molecule is CCOc1cc(C)nc(NCC2(C(=O)O)CCOCC2)n1. The Labute approximate surface area is 123 Å². The predicted molar refractivity (Wildman–Crippen MR) is 76.5 cm³/mol. The minimum atomic E-state index is -0.822. The molecule has 1 aromatic heterocycles. The first kappa shape index (κ1) is 15.5. The van der Waals surface area contributed by atoms with Gasteiger partial charge < -0.3 is 19.9 Å². The first-order valence-corrected chi connectivity index (χ1v) is 7.09. The summed E-state index contributed by atoms with van der Waals surface area (Å²) in [6, 6.07) is 1.75. The van der Waals surface area contributed by atoms with Crippen LogP contribution in [-0.2, 0) is 9.53 Å². The Balaban J connectivity index is 2.08. The Morgan fingerprint density at radius 3 is 2.81 bits per heavy atom. The van der Waals surface area contributed by atoms with Crippen LogP contribution in [0.25, 0.3) is 0 Å². The Morgan fingerprint density at radius 1 is 1.48 bits per heavy atom. The number of nitrogens with one attached hydrogen (secondary N) is 1. The van der Waals surface area contributed by atoms with Gasteiger partial charge in [-0.05, 0) is 26.7 Å². The minimum Gasteiger partial charge on any atom is -0.481 e. The van der Waals surface area contributed by atoms with Crippen LogP contribution >= 0.6 is 0 Å². The van der Waals surface area contributed by atoms with E-state index < -0.39 is 11.4 Å².